The van der Waals surface area contributed by atoms with Crippen molar-refractivity contribution in [3.8, 4) is 6.07 Å². The van der Waals surface area contributed by atoms with Gasteiger partial charge in [-0.25, -0.2) is 0 Å². The zero-order valence-electron chi connectivity index (χ0n) is 12.1. The molecule has 0 aromatic carbocycles. The van der Waals surface area contributed by atoms with E-state index < -0.39 is 0 Å². The maximum absolute atomic E-state index is 9.15. The van der Waals surface area contributed by atoms with Gasteiger partial charge in [0, 0.05) is 26.9 Å². The topological polar surface area (TPSA) is 54.3 Å². The molecule has 0 radical (unpaired) electrons. The normalized spacial score (nSPS) is 14.1. The molecule has 1 atom stereocenters. The Bertz CT molecular complexity index is 228. The number of unbranched alkanes of at least 4 members (excludes halogenated alkanes) is 1. The monoisotopic (exact) mass is 256 g/mol. The molecular formula is C14H28N2O2. The van der Waals surface area contributed by atoms with Crippen LogP contribution in [0.2, 0.25) is 0 Å². The fourth-order valence-corrected chi connectivity index (χ4v) is 1.67. The first-order chi connectivity index (χ1) is 8.68. The zero-order chi connectivity index (χ0) is 13.7. The average molecular weight is 256 g/mol. The molecule has 0 saturated carbocycles. The minimum atomic E-state index is -0.383. The summed E-state index contributed by atoms with van der Waals surface area (Å²) >= 11 is 0. The fourth-order valence-electron chi connectivity index (χ4n) is 1.67. The van der Waals surface area contributed by atoms with Gasteiger partial charge in [0.05, 0.1) is 6.07 Å². The number of hydrogen-bond acceptors (Lipinski definition) is 4. The predicted octanol–water partition coefficient (Wildman–Crippen LogP) is 2.49. The summed E-state index contributed by atoms with van der Waals surface area (Å²) < 4.78 is 10.4. The highest BCUT2D eigenvalue weighted by Gasteiger charge is 2.21. The Kier molecular flexibility index (Phi) is 11.1. The van der Waals surface area contributed by atoms with Crippen LogP contribution >= 0.6 is 0 Å². The summed E-state index contributed by atoms with van der Waals surface area (Å²) in [6, 6.07) is 2.36. The van der Waals surface area contributed by atoms with Crippen molar-refractivity contribution < 1.29 is 9.47 Å². The van der Waals surface area contributed by atoms with Gasteiger partial charge in [-0.15, -0.1) is 0 Å². The zero-order valence-corrected chi connectivity index (χ0v) is 12.1. The van der Waals surface area contributed by atoms with Crippen LogP contribution in [-0.4, -0.2) is 39.0 Å². The summed E-state index contributed by atoms with van der Waals surface area (Å²) in [7, 11) is 1.70. The molecule has 0 heterocycles. The van der Waals surface area contributed by atoms with Crippen molar-refractivity contribution >= 4 is 0 Å². The maximum Gasteiger partial charge on any atom is 0.103 e. The minimum Gasteiger partial charge on any atom is -0.385 e. The first-order valence-electron chi connectivity index (χ1n) is 6.91. The largest absolute Gasteiger partial charge is 0.385 e. The van der Waals surface area contributed by atoms with E-state index in [1.165, 1.54) is 0 Å². The standard InChI is InChI=1S/C14H28N2O2/c1-4-9-16-14(2,13-15)8-5-6-11-18-12-7-10-17-3/h16H,4-12H2,1-3H3. The van der Waals surface area contributed by atoms with E-state index in [1.807, 2.05) is 6.92 Å². The molecule has 0 rings (SSSR count). The summed E-state index contributed by atoms with van der Waals surface area (Å²) in [5.41, 5.74) is -0.383. The number of hydrogen-bond donors (Lipinski definition) is 1. The SMILES string of the molecule is CCCNC(C)(C#N)CCCCOCCCOC. The lowest BCUT2D eigenvalue weighted by atomic mass is 9.96. The van der Waals surface area contributed by atoms with Crippen molar-refractivity contribution in [2.75, 3.05) is 33.5 Å². The Hall–Kier alpha value is -0.630. The van der Waals surface area contributed by atoms with Gasteiger partial charge in [0.25, 0.3) is 0 Å². The van der Waals surface area contributed by atoms with E-state index in [0.717, 1.165) is 58.5 Å². The van der Waals surface area contributed by atoms with Crippen molar-refractivity contribution in [1.29, 1.82) is 5.26 Å². The van der Waals surface area contributed by atoms with Crippen LogP contribution in [0, 0.1) is 11.3 Å². The molecule has 106 valence electrons. The molecule has 0 bridgehead atoms. The first-order valence-corrected chi connectivity index (χ1v) is 6.91. The van der Waals surface area contributed by atoms with Crippen molar-refractivity contribution in [2.45, 2.75) is 51.5 Å². The molecule has 0 aromatic rings. The molecule has 0 fully saturated rings. The Labute approximate surface area is 112 Å². The van der Waals surface area contributed by atoms with Crippen LogP contribution in [0.1, 0.15) is 46.0 Å². The molecule has 0 spiro atoms. The fraction of sp³-hybridized carbons (Fsp3) is 0.929. The van der Waals surface area contributed by atoms with Gasteiger partial charge in [-0.05, 0) is 45.6 Å². The van der Waals surface area contributed by atoms with Crippen molar-refractivity contribution in [1.82, 2.24) is 5.32 Å². The number of ether oxygens (including phenoxy) is 2. The Balaban J connectivity index is 3.48. The van der Waals surface area contributed by atoms with E-state index in [0.29, 0.717) is 0 Å². The summed E-state index contributed by atoms with van der Waals surface area (Å²) in [4.78, 5) is 0. The van der Waals surface area contributed by atoms with Gasteiger partial charge in [0.1, 0.15) is 5.54 Å². The third-order valence-electron chi connectivity index (χ3n) is 2.86. The first kappa shape index (κ1) is 17.4. The Morgan fingerprint density at radius 1 is 1.17 bits per heavy atom. The van der Waals surface area contributed by atoms with E-state index in [-0.39, 0.29) is 5.54 Å². The van der Waals surface area contributed by atoms with E-state index in [2.05, 4.69) is 18.3 Å². The maximum atomic E-state index is 9.15. The summed E-state index contributed by atoms with van der Waals surface area (Å²) in [6.45, 7) is 7.28. The second-order valence-corrected chi connectivity index (χ2v) is 4.79. The number of nitrogens with one attached hydrogen (secondary N) is 1. The number of methoxy groups -OCH3 is 1. The molecular weight excluding hydrogens is 228 g/mol. The lowest BCUT2D eigenvalue weighted by Gasteiger charge is -2.22. The van der Waals surface area contributed by atoms with Crippen molar-refractivity contribution in [2.24, 2.45) is 0 Å². The van der Waals surface area contributed by atoms with E-state index >= 15 is 0 Å². The van der Waals surface area contributed by atoms with Gasteiger partial charge >= 0.3 is 0 Å². The van der Waals surface area contributed by atoms with Crippen LogP contribution in [0.15, 0.2) is 0 Å². The van der Waals surface area contributed by atoms with Gasteiger partial charge < -0.3 is 9.47 Å². The van der Waals surface area contributed by atoms with Gasteiger partial charge in [0.15, 0.2) is 0 Å². The van der Waals surface area contributed by atoms with Gasteiger partial charge in [0.2, 0.25) is 0 Å². The Morgan fingerprint density at radius 3 is 2.50 bits per heavy atom. The van der Waals surface area contributed by atoms with Crippen LogP contribution in [0.25, 0.3) is 0 Å². The molecule has 0 aliphatic rings. The molecule has 18 heavy (non-hydrogen) atoms. The third-order valence-corrected chi connectivity index (χ3v) is 2.86. The van der Waals surface area contributed by atoms with Gasteiger partial charge in [-0.2, -0.15) is 5.26 Å². The summed E-state index contributed by atoms with van der Waals surface area (Å²) in [5.74, 6) is 0. The molecule has 1 unspecified atom stereocenters. The average Bonchev–Trinajstić information content (AvgIpc) is 2.39. The molecule has 4 nitrogen and oxygen atoms in total. The number of nitrogens with zero attached hydrogens (tertiary/aromatic N) is 1. The van der Waals surface area contributed by atoms with E-state index in [4.69, 9.17) is 14.7 Å². The highest BCUT2D eigenvalue weighted by atomic mass is 16.5. The van der Waals surface area contributed by atoms with Gasteiger partial charge in [-0.1, -0.05) is 6.92 Å². The van der Waals surface area contributed by atoms with Crippen molar-refractivity contribution in [3.05, 3.63) is 0 Å². The second-order valence-electron chi connectivity index (χ2n) is 4.79. The molecule has 0 aliphatic carbocycles. The quantitative estimate of drug-likeness (QED) is 0.545. The molecule has 0 saturated heterocycles. The van der Waals surface area contributed by atoms with Crippen LogP contribution in [0.3, 0.4) is 0 Å². The lowest BCUT2D eigenvalue weighted by Crippen LogP contribution is -2.41. The predicted molar refractivity (Wildman–Crippen MR) is 73.5 cm³/mol. The summed E-state index contributed by atoms with van der Waals surface area (Å²) in [6.07, 6.45) is 4.92. The third kappa shape index (κ3) is 9.41. The number of rotatable bonds is 12. The molecule has 0 aliphatic heterocycles. The van der Waals surface area contributed by atoms with Crippen molar-refractivity contribution in [3.63, 3.8) is 0 Å². The minimum absolute atomic E-state index is 0.383. The second kappa shape index (κ2) is 11.5. The lowest BCUT2D eigenvalue weighted by molar-refractivity contribution is 0.0995. The Morgan fingerprint density at radius 2 is 1.89 bits per heavy atom. The molecule has 0 amide bonds. The van der Waals surface area contributed by atoms with Crippen LogP contribution < -0.4 is 5.32 Å². The molecule has 4 heteroatoms. The van der Waals surface area contributed by atoms with Crippen LogP contribution in [0.4, 0.5) is 0 Å². The molecule has 0 aromatic heterocycles. The van der Waals surface area contributed by atoms with Crippen LogP contribution in [0.5, 0.6) is 0 Å². The smallest absolute Gasteiger partial charge is 0.103 e. The van der Waals surface area contributed by atoms with Crippen LogP contribution in [-0.2, 0) is 9.47 Å². The molecule has 1 N–H and O–H groups in total. The summed E-state index contributed by atoms with van der Waals surface area (Å²) in [5, 5.41) is 12.4. The highest BCUT2D eigenvalue weighted by Crippen LogP contribution is 2.12. The number of nitriles is 1. The van der Waals surface area contributed by atoms with E-state index in [9.17, 15) is 0 Å². The van der Waals surface area contributed by atoms with E-state index in [1.54, 1.807) is 7.11 Å². The highest BCUT2D eigenvalue weighted by molar-refractivity contribution is 5.03. The van der Waals surface area contributed by atoms with Gasteiger partial charge in [-0.3, -0.25) is 5.32 Å².